The molecule has 38 heavy (non-hydrogen) atoms. The summed E-state index contributed by atoms with van der Waals surface area (Å²) in [6.07, 6.45) is 1.82. The molecule has 1 heterocycles. The number of amides is 3. The minimum Gasteiger partial charge on any atom is -0.481 e. The van der Waals surface area contributed by atoms with E-state index < -0.39 is 23.9 Å². The highest BCUT2D eigenvalue weighted by atomic mass is 16.5. The van der Waals surface area contributed by atoms with Crippen molar-refractivity contribution < 1.29 is 29.0 Å². The Balaban J connectivity index is 1.94. The number of carbonyl (C=O) groups excluding carboxylic acids is 2. The van der Waals surface area contributed by atoms with Gasteiger partial charge in [-0.25, -0.2) is 14.6 Å². The predicted molar refractivity (Wildman–Crippen MR) is 145 cm³/mol. The van der Waals surface area contributed by atoms with E-state index in [1.54, 1.807) is 44.5 Å². The molecule has 0 aliphatic carbocycles. The number of carbonyl (C=O) groups is 3. The molecule has 0 fully saturated rings. The van der Waals surface area contributed by atoms with E-state index in [2.05, 4.69) is 20.9 Å². The summed E-state index contributed by atoms with van der Waals surface area (Å²) >= 11 is 0. The highest BCUT2D eigenvalue weighted by Crippen LogP contribution is 2.28. The molecule has 0 unspecified atom stereocenters. The average Bonchev–Trinajstić information content (AvgIpc) is 2.89. The van der Waals surface area contributed by atoms with Gasteiger partial charge in [0.05, 0.1) is 25.0 Å². The predicted octanol–water partition coefficient (Wildman–Crippen LogP) is 4.76. The number of hydrogen-bond donors (Lipinski definition) is 4. The van der Waals surface area contributed by atoms with Gasteiger partial charge in [-0.2, -0.15) is 0 Å². The van der Waals surface area contributed by atoms with E-state index in [1.165, 1.54) is 13.2 Å². The first kappa shape index (κ1) is 28.1. The van der Waals surface area contributed by atoms with Crippen molar-refractivity contribution in [1.82, 2.24) is 10.3 Å². The van der Waals surface area contributed by atoms with Crippen molar-refractivity contribution in [2.75, 3.05) is 24.9 Å². The summed E-state index contributed by atoms with van der Waals surface area (Å²) in [4.78, 5) is 41.8. The summed E-state index contributed by atoms with van der Waals surface area (Å²) in [6.45, 7) is 5.88. The lowest BCUT2D eigenvalue weighted by Gasteiger charge is -2.18. The van der Waals surface area contributed by atoms with E-state index in [-0.39, 0.29) is 17.7 Å². The SMILES string of the molecule is CC[C@H](NC(=O)c1ccc(-c2ccc(OC)nc2)cc1NC(=O)Nc1c(C)cc(COC)cc1C)C(=O)O. The van der Waals surface area contributed by atoms with Crippen molar-refractivity contribution in [1.29, 1.82) is 0 Å². The van der Waals surface area contributed by atoms with E-state index >= 15 is 0 Å². The van der Waals surface area contributed by atoms with Crippen molar-refractivity contribution in [3.05, 3.63) is 70.9 Å². The van der Waals surface area contributed by atoms with Crippen molar-refractivity contribution in [3.8, 4) is 17.0 Å². The van der Waals surface area contributed by atoms with Gasteiger partial charge in [-0.15, -0.1) is 0 Å². The molecule has 0 saturated heterocycles. The highest BCUT2D eigenvalue weighted by molar-refractivity contribution is 6.08. The first-order valence-corrected chi connectivity index (χ1v) is 12.0. The van der Waals surface area contributed by atoms with Crippen LogP contribution in [0, 0.1) is 13.8 Å². The molecule has 0 aliphatic heterocycles. The van der Waals surface area contributed by atoms with Crippen molar-refractivity contribution in [3.63, 3.8) is 0 Å². The number of benzene rings is 2. The molecule has 0 spiro atoms. The number of carboxylic acids is 1. The Morgan fingerprint density at radius 1 is 0.974 bits per heavy atom. The fraction of sp³-hybridized carbons (Fsp3) is 0.286. The number of pyridine rings is 1. The van der Waals surface area contributed by atoms with Gasteiger partial charge in [0, 0.05) is 30.6 Å². The van der Waals surface area contributed by atoms with Gasteiger partial charge in [-0.1, -0.05) is 25.1 Å². The molecule has 10 heteroatoms. The Morgan fingerprint density at radius 3 is 2.21 bits per heavy atom. The van der Waals surface area contributed by atoms with Crippen LogP contribution in [0.4, 0.5) is 16.2 Å². The van der Waals surface area contributed by atoms with E-state index in [0.717, 1.165) is 22.3 Å². The third kappa shape index (κ3) is 6.86. The zero-order valence-corrected chi connectivity index (χ0v) is 22.0. The number of aromatic nitrogens is 1. The van der Waals surface area contributed by atoms with Crippen molar-refractivity contribution >= 4 is 29.3 Å². The summed E-state index contributed by atoms with van der Waals surface area (Å²) in [5.41, 5.74) is 5.09. The zero-order chi connectivity index (χ0) is 27.8. The summed E-state index contributed by atoms with van der Waals surface area (Å²) in [5, 5.41) is 17.5. The number of ether oxygens (including phenoxy) is 2. The number of nitrogens with zero attached hydrogens (tertiary/aromatic N) is 1. The standard InChI is InChI=1S/C28H32N4O6/c1-6-22(27(34)35)30-26(33)21-9-7-19(20-8-10-24(38-5)29-14-20)13-23(21)31-28(36)32-25-16(2)11-18(15-37-4)12-17(25)3/h7-14,22H,6,15H2,1-5H3,(H,30,33)(H,34,35)(H2,31,32,36)/t22-/m0/s1. The Hall–Kier alpha value is -4.44. The molecule has 3 amide bonds. The van der Waals surface area contributed by atoms with Gasteiger partial charge in [0.1, 0.15) is 6.04 Å². The normalized spacial score (nSPS) is 11.4. The van der Waals surface area contributed by atoms with E-state index in [0.29, 0.717) is 23.7 Å². The lowest BCUT2D eigenvalue weighted by molar-refractivity contribution is -0.139. The lowest BCUT2D eigenvalue weighted by Crippen LogP contribution is -2.40. The molecule has 0 aliphatic rings. The first-order chi connectivity index (χ1) is 18.2. The topological polar surface area (TPSA) is 139 Å². The first-order valence-electron chi connectivity index (χ1n) is 12.0. The number of carboxylic acid groups (broad SMARTS) is 1. The smallest absolute Gasteiger partial charge is 0.326 e. The lowest BCUT2D eigenvalue weighted by atomic mass is 10.0. The van der Waals surface area contributed by atoms with E-state index in [9.17, 15) is 19.5 Å². The fourth-order valence-corrected chi connectivity index (χ4v) is 4.04. The number of hydrogen-bond acceptors (Lipinski definition) is 6. The van der Waals surface area contributed by atoms with Gasteiger partial charge >= 0.3 is 12.0 Å². The molecular weight excluding hydrogens is 488 g/mol. The molecule has 2 aromatic carbocycles. The quantitative estimate of drug-likeness (QED) is 0.302. The Labute approximate surface area is 221 Å². The minimum absolute atomic E-state index is 0.119. The maximum Gasteiger partial charge on any atom is 0.326 e. The zero-order valence-electron chi connectivity index (χ0n) is 22.0. The van der Waals surface area contributed by atoms with Crippen LogP contribution in [-0.4, -0.2) is 48.3 Å². The van der Waals surface area contributed by atoms with Gasteiger partial charge in [-0.05, 0) is 60.7 Å². The van der Waals surface area contributed by atoms with Crippen LogP contribution in [0.1, 0.15) is 40.4 Å². The van der Waals surface area contributed by atoms with Crippen LogP contribution in [0.5, 0.6) is 5.88 Å². The number of rotatable bonds is 10. The van der Waals surface area contributed by atoms with Crippen LogP contribution in [-0.2, 0) is 16.1 Å². The van der Waals surface area contributed by atoms with Gasteiger partial charge in [0.25, 0.3) is 5.91 Å². The highest BCUT2D eigenvalue weighted by Gasteiger charge is 2.22. The molecule has 0 radical (unpaired) electrons. The molecule has 1 aromatic heterocycles. The molecule has 4 N–H and O–H groups in total. The maximum absolute atomic E-state index is 13.1. The number of aryl methyl sites for hydroxylation is 2. The maximum atomic E-state index is 13.1. The third-order valence-corrected chi connectivity index (χ3v) is 5.94. The summed E-state index contributed by atoms with van der Waals surface area (Å²) < 4.78 is 10.3. The number of anilines is 2. The van der Waals surface area contributed by atoms with Crippen LogP contribution in [0.25, 0.3) is 11.1 Å². The van der Waals surface area contributed by atoms with Crippen LogP contribution in [0.15, 0.2) is 48.7 Å². The van der Waals surface area contributed by atoms with Gasteiger partial charge in [-0.3, -0.25) is 4.79 Å². The Morgan fingerprint density at radius 2 is 1.66 bits per heavy atom. The number of aliphatic carboxylic acids is 1. The minimum atomic E-state index is -1.14. The fourth-order valence-electron chi connectivity index (χ4n) is 4.04. The molecule has 3 aromatic rings. The largest absolute Gasteiger partial charge is 0.481 e. The number of urea groups is 1. The summed E-state index contributed by atoms with van der Waals surface area (Å²) in [6, 6.07) is 10.6. The molecule has 200 valence electrons. The molecule has 10 nitrogen and oxygen atoms in total. The summed E-state index contributed by atoms with van der Waals surface area (Å²) in [7, 11) is 3.14. The van der Waals surface area contributed by atoms with Crippen molar-refractivity contribution in [2.45, 2.75) is 39.8 Å². The molecular formula is C28H32N4O6. The van der Waals surface area contributed by atoms with E-state index in [4.69, 9.17) is 9.47 Å². The molecule has 0 bridgehead atoms. The third-order valence-electron chi connectivity index (χ3n) is 5.94. The monoisotopic (exact) mass is 520 g/mol. The van der Waals surface area contributed by atoms with Gasteiger partial charge in [0.2, 0.25) is 5.88 Å². The second kappa shape index (κ2) is 12.7. The molecule has 0 saturated carbocycles. The molecule has 1 atom stereocenters. The summed E-state index contributed by atoms with van der Waals surface area (Å²) in [5.74, 6) is -1.31. The van der Waals surface area contributed by atoms with Crippen LogP contribution in [0.2, 0.25) is 0 Å². The second-order valence-corrected chi connectivity index (χ2v) is 8.74. The molecule has 3 rings (SSSR count). The van der Waals surface area contributed by atoms with E-state index in [1.807, 2.05) is 26.0 Å². The van der Waals surface area contributed by atoms with Gasteiger partial charge < -0.3 is 30.5 Å². The number of nitrogens with one attached hydrogen (secondary N) is 3. The van der Waals surface area contributed by atoms with Gasteiger partial charge in [0.15, 0.2) is 0 Å². The second-order valence-electron chi connectivity index (χ2n) is 8.74. The van der Waals surface area contributed by atoms with Crippen LogP contribution >= 0.6 is 0 Å². The van der Waals surface area contributed by atoms with Crippen molar-refractivity contribution in [2.24, 2.45) is 0 Å². The number of methoxy groups -OCH3 is 2. The Bertz CT molecular complexity index is 1300. The van der Waals surface area contributed by atoms with Crippen LogP contribution in [0.3, 0.4) is 0 Å². The average molecular weight is 521 g/mol. The van der Waals surface area contributed by atoms with Crippen LogP contribution < -0.4 is 20.7 Å². The Kier molecular flexibility index (Phi) is 9.39.